The van der Waals surface area contributed by atoms with E-state index in [-0.39, 0.29) is 17.7 Å². The summed E-state index contributed by atoms with van der Waals surface area (Å²) in [6, 6.07) is 2.08. The van der Waals surface area contributed by atoms with Gasteiger partial charge in [0.15, 0.2) is 11.6 Å². The van der Waals surface area contributed by atoms with Gasteiger partial charge in [-0.15, -0.1) is 0 Å². The number of hydrogen-bond donors (Lipinski definition) is 1. The Bertz CT molecular complexity index is 374. The van der Waals surface area contributed by atoms with Gasteiger partial charge in [0.2, 0.25) is 0 Å². The highest BCUT2D eigenvalue weighted by Crippen LogP contribution is 2.33. The molecule has 0 atom stereocenters. The molecule has 0 aromatic carbocycles. The van der Waals surface area contributed by atoms with E-state index in [0.29, 0.717) is 0 Å². The zero-order valence-electron chi connectivity index (χ0n) is 7.71. The molecule has 1 aliphatic carbocycles. The third kappa shape index (κ3) is 2.31. The van der Waals surface area contributed by atoms with Crippen LogP contribution >= 0.6 is 0 Å². The van der Waals surface area contributed by atoms with Crippen molar-refractivity contribution in [1.29, 1.82) is 0 Å². The maximum absolute atomic E-state index is 12.2. The molecule has 6 heteroatoms. The zero-order chi connectivity index (χ0) is 11.1. The van der Waals surface area contributed by atoms with Crippen LogP contribution in [0.2, 0.25) is 0 Å². The average Bonchev–Trinajstić information content (AvgIpc) is 2.90. The molecule has 3 nitrogen and oxygen atoms in total. The molecule has 0 amide bonds. The molecule has 1 aromatic heterocycles. The first-order chi connectivity index (χ1) is 6.97. The molecule has 0 saturated heterocycles. The molecule has 15 heavy (non-hydrogen) atoms. The number of alkyl halides is 3. The summed E-state index contributed by atoms with van der Waals surface area (Å²) in [6.07, 6.45) is -2.54. The smallest absolute Gasteiger partial charge is 0.433 e. The van der Waals surface area contributed by atoms with Crippen LogP contribution in [0.5, 0.6) is 5.75 Å². The third-order valence-corrected chi connectivity index (χ3v) is 1.99. The van der Waals surface area contributed by atoms with Crippen LogP contribution in [-0.4, -0.2) is 11.1 Å². The summed E-state index contributed by atoms with van der Waals surface area (Å²) in [6.45, 7) is 0. The molecule has 0 bridgehead atoms. The number of nitrogens with zero attached hydrogens (tertiary/aromatic N) is 1. The number of pyridine rings is 1. The fourth-order valence-corrected chi connectivity index (χ4v) is 1.09. The molecule has 1 heterocycles. The number of anilines is 1. The van der Waals surface area contributed by atoms with Crippen LogP contribution < -0.4 is 10.5 Å². The molecule has 1 fully saturated rings. The van der Waals surface area contributed by atoms with Gasteiger partial charge in [-0.2, -0.15) is 13.2 Å². The predicted octanol–water partition coefficient (Wildman–Crippen LogP) is 2.22. The normalized spacial score (nSPS) is 16.5. The minimum absolute atomic E-state index is 0.0887. The van der Waals surface area contributed by atoms with Crippen LogP contribution in [0.1, 0.15) is 18.5 Å². The maximum Gasteiger partial charge on any atom is 0.433 e. The monoisotopic (exact) mass is 218 g/mol. The summed E-state index contributed by atoms with van der Waals surface area (Å²) in [5, 5.41) is 0. The van der Waals surface area contributed by atoms with E-state index in [1.807, 2.05) is 0 Å². The third-order valence-electron chi connectivity index (χ3n) is 1.99. The van der Waals surface area contributed by atoms with E-state index in [0.717, 1.165) is 18.9 Å². The average molecular weight is 218 g/mol. The summed E-state index contributed by atoms with van der Waals surface area (Å²) >= 11 is 0. The summed E-state index contributed by atoms with van der Waals surface area (Å²) in [4.78, 5) is 3.25. The summed E-state index contributed by atoms with van der Waals surface area (Å²) < 4.78 is 41.9. The second kappa shape index (κ2) is 3.29. The first kappa shape index (κ1) is 10.1. The molecule has 82 valence electrons. The molecule has 2 rings (SSSR count). The number of halogens is 3. The van der Waals surface area contributed by atoms with Gasteiger partial charge in [-0.05, 0) is 25.0 Å². The molecular weight excluding hydrogens is 209 g/mol. The number of aromatic nitrogens is 1. The van der Waals surface area contributed by atoms with Gasteiger partial charge in [-0.3, -0.25) is 0 Å². The SMILES string of the molecule is Nc1nc(C(F)(F)F)ccc1OC1CC1. The van der Waals surface area contributed by atoms with Gasteiger partial charge in [0.1, 0.15) is 5.69 Å². The van der Waals surface area contributed by atoms with Gasteiger partial charge < -0.3 is 10.5 Å². The van der Waals surface area contributed by atoms with Crippen molar-refractivity contribution < 1.29 is 17.9 Å². The highest BCUT2D eigenvalue weighted by Gasteiger charge is 2.33. The van der Waals surface area contributed by atoms with Crippen molar-refractivity contribution in [2.45, 2.75) is 25.1 Å². The van der Waals surface area contributed by atoms with E-state index in [1.54, 1.807) is 0 Å². The van der Waals surface area contributed by atoms with Crippen molar-refractivity contribution in [2.75, 3.05) is 5.73 Å². The molecule has 1 saturated carbocycles. The van der Waals surface area contributed by atoms with Crippen molar-refractivity contribution >= 4 is 5.82 Å². The largest absolute Gasteiger partial charge is 0.487 e. The quantitative estimate of drug-likeness (QED) is 0.827. The molecule has 1 aliphatic rings. The highest BCUT2D eigenvalue weighted by molar-refractivity contribution is 5.47. The molecular formula is C9H9F3N2O. The Morgan fingerprint density at radius 1 is 1.33 bits per heavy atom. The van der Waals surface area contributed by atoms with Crippen molar-refractivity contribution in [2.24, 2.45) is 0 Å². The number of hydrogen-bond acceptors (Lipinski definition) is 3. The maximum atomic E-state index is 12.2. The molecule has 1 aromatic rings. The Kier molecular flexibility index (Phi) is 2.21. The highest BCUT2D eigenvalue weighted by atomic mass is 19.4. The minimum atomic E-state index is -4.47. The second-order valence-corrected chi connectivity index (χ2v) is 3.39. The van der Waals surface area contributed by atoms with Gasteiger partial charge in [-0.1, -0.05) is 0 Å². The van der Waals surface area contributed by atoms with Gasteiger partial charge in [0, 0.05) is 0 Å². The van der Waals surface area contributed by atoms with E-state index in [4.69, 9.17) is 10.5 Å². The van der Waals surface area contributed by atoms with Crippen LogP contribution in [0.3, 0.4) is 0 Å². The van der Waals surface area contributed by atoms with E-state index >= 15 is 0 Å². The first-order valence-corrected chi connectivity index (χ1v) is 4.47. The lowest BCUT2D eigenvalue weighted by Crippen LogP contribution is -2.10. The number of ether oxygens (including phenoxy) is 1. The van der Waals surface area contributed by atoms with E-state index in [2.05, 4.69) is 4.98 Å². The predicted molar refractivity (Wildman–Crippen MR) is 47.3 cm³/mol. The van der Waals surface area contributed by atoms with Crippen LogP contribution in [-0.2, 0) is 6.18 Å². The van der Waals surface area contributed by atoms with Crippen molar-refractivity contribution in [1.82, 2.24) is 4.98 Å². The summed E-state index contributed by atoms with van der Waals surface area (Å²) in [5.74, 6) is 0.0159. The fourth-order valence-electron chi connectivity index (χ4n) is 1.09. The van der Waals surface area contributed by atoms with Crippen molar-refractivity contribution in [3.8, 4) is 5.75 Å². The fraction of sp³-hybridized carbons (Fsp3) is 0.444. The topological polar surface area (TPSA) is 48.1 Å². The molecule has 0 aliphatic heterocycles. The lowest BCUT2D eigenvalue weighted by molar-refractivity contribution is -0.141. The van der Waals surface area contributed by atoms with E-state index < -0.39 is 11.9 Å². The van der Waals surface area contributed by atoms with Crippen LogP contribution in [0.25, 0.3) is 0 Å². The van der Waals surface area contributed by atoms with Crippen molar-refractivity contribution in [3.05, 3.63) is 17.8 Å². The Morgan fingerprint density at radius 2 is 2.00 bits per heavy atom. The zero-order valence-corrected chi connectivity index (χ0v) is 7.71. The van der Waals surface area contributed by atoms with Gasteiger partial charge in [0.05, 0.1) is 6.10 Å². The first-order valence-electron chi connectivity index (χ1n) is 4.47. The van der Waals surface area contributed by atoms with Crippen LogP contribution in [0.4, 0.5) is 19.0 Å². The lowest BCUT2D eigenvalue weighted by atomic mass is 10.3. The van der Waals surface area contributed by atoms with Gasteiger partial charge in [-0.25, -0.2) is 4.98 Å². The number of nitrogen functional groups attached to an aromatic ring is 1. The molecule has 0 unspecified atom stereocenters. The Morgan fingerprint density at radius 3 is 2.47 bits per heavy atom. The number of nitrogens with two attached hydrogens (primary N) is 1. The molecule has 0 radical (unpaired) electrons. The number of rotatable bonds is 2. The van der Waals surface area contributed by atoms with Gasteiger partial charge >= 0.3 is 6.18 Å². The van der Waals surface area contributed by atoms with E-state index in [1.165, 1.54) is 6.07 Å². The Balaban J connectivity index is 2.21. The van der Waals surface area contributed by atoms with Crippen molar-refractivity contribution in [3.63, 3.8) is 0 Å². The molecule has 2 N–H and O–H groups in total. The molecule has 0 spiro atoms. The minimum Gasteiger partial charge on any atom is -0.487 e. The van der Waals surface area contributed by atoms with Crippen LogP contribution in [0, 0.1) is 0 Å². The Hall–Kier alpha value is -1.46. The summed E-state index contributed by atoms with van der Waals surface area (Å²) in [7, 11) is 0. The standard InChI is InChI=1S/C9H9F3N2O/c10-9(11,12)7-4-3-6(8(13)14-7)15-5-1-2-5/h3-5H,1-2H2,(H2,13,14). The Labute approximate surface area is 84.1 Å². The van der Waals surface area contributed by atoms with Crippen LogP contribution in [0.15, 0.2) is 12.1 Å². The lowest BCUT2D eigenvalue weighted by Gasteiger charge is -2.10. The summed E-state index contributed by atoms with van der Waals surface area (Å²) in [5.41, 5.74) is 4.36. The van der Waals surface area contributed by atoms with E-state index in [9.17, 15) is 13.2 Å². The van der Waals surface area contributed by atoms with Gasteiger partial charge in [0.25, 0.3) is 0 Å². The second-order valence-electron chi connectivity index (χ2n) is 3.39.